The summed E-state index contributed by atoms with van der Waals surface area (Å²) in [6.45, 7) is 4.44. The number of benzene rings is 1. The molecule has 1 atom stereocenters. The Morgan fingerprint density at radius 3 is 2.64 bits per heavy atom. The molecule has 0 radical (unpaired) electrons. The highest BCUT2D eigenvalue weighted by atomic mass is 17.2. The maximum atomic E-state index is 12.4. The second-order valence-corrected chi connectivity index (χ2v) is 6.31. The Balaban J connectivity index is 1.73. The molecule has 1 saturated heterocycles. The van der Waals surface area contributed by atoms with E-state index < -0.39 is 17.9 Å². The van der Waals surface area contributed by atoms with Gasteiger partial charge in [-0.1, -0.05) is 37.3 Å². The van der Waals surface area contributed by atoms with Gasteiger partial charge >= 0.3 is 0 Å². The van der Waals surface area contributed by atoms with Crippen LogP contribution in [0.1, 0.15) is 38.7 Å². The predicted octanol–water partition coefficient (Wildman–Crippen LogP) is 1.76. The van der Waals surface area contributed by atoms with E-state index in [0.717, 1.165) is 5.56 Å². The van der Waals surface area contributed by atoms with Gasteiger partial charge < -0.3 is 14.9 Å². The smallest absolute Gasteiger partial charge is 0.251 e. The summed E-state index contributed by atoms with van der Waals surface area (Å²) < 4.78 is 5.48. The number of piperidine rings is 1. The van der Waals surface area contributed by atoms with Crippen LogP contribution in [0.2, 0.25) is 0 Å². The van der Waals surface area contributed by atoms with Crippen molar-refractivity contribution >= 4 is 17.7 Å². The molecule has 1 aromatic carbocycles. The molecule has 1 heterocycles. The van der Waals surface area contributed by atoms with Crippen molar-refractivity contribution < 1.29 is 28.9 Å². The van der Waals surface area contributed by atoms with E-state index in [4.69, 9.17) is 14.5 Å². The van der Waals surface area contributed by atoms with Gasteiger partial charge in [0.05, 0.1) is 18.8 Å². The minimum absolute atomic E-state index is 0.198. The van der Waals surface area contributed by atoms with E-state index in [1.807, 2.05) is 30.3 Å². The van der Waals surface area contributed by atoms with E-state index in [-0.39, 0.29) is 25.4 Å². The Morgan fingerprint density at radius 2 is 1.96 bits per heavy atom. The number of carbonyl (C=O) groups excluding carboxylic acids is 3. The van der Waals surface area contributed by atoms with E-state index >= 15 is 0 Å². The van der Waals surface area contributed by atoms with Crippen LogP contribution in [-0.4, -0.2) is 37.0 Å². The van der Waals surface area contributed by atoms with Crippen LogP contribution < -0.4 is 10.6 Å². The quantitative estimate of drug-likeness (QED) is 0.158. The second kappa shape index (κ2) is 11.2. The van der Waals surface area contributed by atoms with Crippen LogP contribution in [0, 0.1) is 0 Å². The lowest BCUT2D eigenvalue weighted by atomic mass is 10.0. The minimum Gasteiger partial charge on any atom is -0.374 e. The number of carbonyl (C=O) groups is 3. The van der Waals surface area contributed by atoms with Crippen molar-refractivity contribution in [1.82, 2.24) is 10.6 Å². The highest BCUT2D eigenvalue weighted by molar-refractivity contribution is 6.03. The number of ether oxygens (including phenoxy) is 1. The Hall–Kier alpha value is -2.71. The molecule has 28 heavy (non-hydrogen) atoms. The van der Waals surface area contributed by atoms with Gasteiger partial charge in [0.2, 0.25) is 11.8 Å². The molecule has 0 saturated carbocycles. The molecule has 1 unspecified atom stereocenters. The maximum Gasteiger partial charge on any atom is 0.251 e. The highest BCUT2D eigenvalue weighted by Crippen LogP contribution is 2.13. The van der Waals surface area contributed by atoms with Gasteiger partial charge in [0.1, 0.15) is 18.4 Å². The third-order valence-electron chi connectivity index (χ3n) is 4.20. The largest absolute Gasteiger partial charge is 0.374 e. The zero-order chi connectivity index (χ0) is 20.4. The normalized spacial score (nSPS) is 17.6. The zero-order valence-electron chi connectivity index (χ0n) is 16.2. The van der Waals surface area contributed by atoms with E-state index in [0.29, 0.717) is 31.0 Å². The summed E-state index contributed by atoms with van der Waals surface area (Å²) in [5.41, 5.74) is 1.44. The Bertz CT molecular complexity index is 717. The topological polar surface area (TPSA) is 103 Å². The molecule has 3 amide bonds. The molecule has 2 N–H and O–H groups in total. The fourth-order valence-electron chi connectivity index (χ4n) is 2.68. The molecule has 0 bridgehead atoms. The van der Waals surface area contributed by atoms with E-state index in [9.17, 15) is 14.4 Å². The van der Waals surface area contributed by atoms with Crippen molar-refractivity contribution in [2.24, 2.45) is 0 Å². The van der Waals surface area contributed by atoms with Gasteiger partial charge in [0.15, 0.2) is 0 Å². The zero-order valence-corrected chi connectivity index (χ0v) is 16.2. The Kier molecular flexibility index (Phi) is 8.64. The van der Waals surface area contributed by atoms with Crippen LogP contribution in [-0.2, 0) is 35.5 Å². The van der Waals surface area contributed by atoms with Crippen LogP contribution >= 0.6 is 0 Å². The fourth-order valence-corrected chi connectivity index (χ4v) is 2.68. The summed E-state index contributed by atoms with van der Waals surface area (Å²) in [4.78, 5) is 45.6. The summed E-state index contributed by atoms with van der Waals surface area (Å²) in [5, 5.41) is 4.84. The Morgan fingerprint density at radius 1 is 1.21 bits per heavy atom. The van der Waals surface area contributed by atoms with Gasteiger partial charge in [-0.25, -0.2) is 0 Å². The lowest BCUT2D eigenvalue weighted by molar-refractivity contribution is -0.268. The molecule has 0 spiro atoms. The second-order valence-electron chi connectivity index (χ2n) is 6.31. The predicted molar refractivity (Wildman–Crippen MR) is 100 cm³/mol. The summed E-state index contributed by atoms with van der Waals surface area (Å²) >= 11 is 0. The first kappa shape index (κ1) is 21.6. The number of rotatable bonds is 10. The fraction of sp³-hybridized carbons (Fsp3) is 0.450. The van der Waals surface area contributed by atoms with Crippen LogP contribution in [0.3, 0.4) is 0 Å². The number of hydrogen-bond donors (Lipinski definition) is 2. The average molecular weight is 390 g/mol. The van der Waals surface area contributed by atoms with Crippen molar-refractivity contribution in [2.75, 3.05) is 13.2 Å². The van der Waals surface area contributed by atoms with Crippen LogP contribution in [0.5, 0.6) is 0 Å². The molecule has 1 aromatic rings. The highest BCUT2D eigenvalue weighted by Gasteiger charge is 2.29. The minimum atomic E-state index is -0.730. The summed E-state index contributed by atoms with van der Waals surface area (Å²) in [7, 11) is 0. The molecule has 1 aliphatic rings. The number of hydrogen-bond acceptors (Lipinski definition) is 6. The third kappa shape index (κ3) is 6.79. The average Bonchev–Trinajstić information content (AvgIpc) is 2.68. The molecule has 1 fully saturated rings. The van der Waals surface area contributed by atoms with Crippen LogP contribution in [0.15, 0.2) is 41.7 Å². The number of imide groups is 1. The van der Waals surface area contributed by atoms with Crippen molar-refractivity contribution in [3.05, 3.63) is 47.2 Å². The lowest BCUT2D eigenvalue weighted by Gasteiger charge is -2.22. The van der Waals surface area contributed by atoms with Crippen molar-refractivity contribution in [3.8, 4) is 0 Å². The molecule has 8 nitrogen and oxygen atoms in total. The van der Waals surface area contributed by atoms with Gasteiger partial charge in [0.25, 0.3) is 5.91 Å². The number of amides is 3. The number of allylic oxidation sites excluding steroid dienone is 1. The molecule has 152 valence electrons. The van der Waals surface area contributed by atoms with Crippen LogP contribution in [0.4, 0.5) is 0 Å². The molecule has 8 heteroatoms. The van der Waals surface area contributed by atoms with Gasteiger partial charge in [-0.3, -0.25) is 19.7 Å². The molecular weight excluding hydrogens is 364 g/mol. The van der Waals surface area contributed by atoms with Gasteiger partial charge in [-0.2, -0.15) is 4.89 Å². The molecule has 2 rings (SSSR count). The first-order valence-corrected chi connectivity index (χ1v) is 9.26. The number of nitrogens with one attached hydrogen (secondary N) is 2. The van der Waals surface area contributed by atoms with E-state index in [2.05, 4.69) is 10.6 Å². The van der Waals surface area contributed by atoms with Crippen molar-refractivity contribution in [2.45, 2.75) is 45.8 Å². The molecular formula is C20H26N2O6. The SMILES string of the molecule is CC/C(C(=O)NC1CCC(=O)NC1=O)=C(/C)OOCCOCc1ccccc1. The summed E-state index contributed by atoms with van der Waals surface area (Å²) in [6.07, 6.45) is 0.880. The molecule has 0 aromatic heterocycles. The van der Waals surface area contributed by atoms with Crippen molar-refractivity contribution in [1.29, 1.82) is 0 Å². The van der Waals surface area contributed by atoms with Gasteiger partial charge in [0, 0.05) is 6.42 Å². The van der Waals surface area contributed by atoms with Gasteiger partial charge in [-0.05, 0) is 25.3 Å². The van der Waals surface area contributed by atoms with E-state index in [1.54, 1.807) is 13.8 Å². The summed E-state index contributed by atoms with van der Waals surface area (Å²) in [6, 6.07) is 9.04. The molecule has 1 aliphatic heterocycles. The van der Waals surface area contributed by atoms with E-state index in [1.165, 1.54) is 0 Å². The molecule has 0 aliphatic carbocycles. The first-order valence-electron chi connectivity index (χ1n) is 9.26. The summed E-state index contributed by atoms with van der Waals surface area (Å²) in [5.74, 6) is -0.927. The Labute approximate surface area is 164 Å². The lowest BCUT2D eigenvalue weighted by Crippen LogP contribution is -2.52. The maximum absolute atomic E-state index is 12.4. The monoisotopic (exact) mass is 390 g/mol. The van der Waals surface area contributed by atoms with Crippen molar-refractivity contribution in [3.63, 3.8) is 0 Å². The standard InChI is InChI=1S/C20H26N2O6/c1-3-16(19(24)21-17-9-10-18(23)22-20(17)25)14(2)28-27-12-11-26-13-15-7-5-4-6-8-15/h4-8,17H,3,9-13H2,1-2H3,(H,21,24)(H,22,23,25)/b16-14+. The van der Waals surface area contributed by atoms with Crippen LogP contribution in [0.25, 0.3) is 0 Å². The third-order valence-corrected chi connectivity index (χ3v) is 4.20. The van der Waals surface area contributed by atoms with Gasteiger partial charge in [-0.15, -0.1) is 0 Å². The first-order chi connectivity index (χ1) is 13.5.